The molecule has 0 bridgehead atoms. The highest BCUT2D eigenvalue weighted by atomic mass is 16.5. The van der Waals surface area contributed by atoms with E-state index in [1.807, 2.05) is 13.1 Å². The number of aryl methyl sites for hydroxylation is 1. The van der Waals surface area contributed by atoms with E-state index in [4.69, 9.17) is 9.84 Å². The number of aromatic nitrogens is 2. The number of methoxy groups -OCH3 is 1. The van der Waals surface area contributed by atoms with Gasteiger partial charge in [0.1, 0.15) is 0 Å². The van der Waals surface area contributed by atoms with Gasteiger partial charge in [-0.25, -0.2) is 0 Å². The minimum Gasteiger partial charge on any atom is -0.396 e. The molecule has 0 saturated carbocycles. The topological polar surface area (TPSA) is 70.2 Å². The Morgan fingerprint density at radius 1 is 1.62 bits per heavy atom. The van der Waals surface area contributed by atoms with Crippen molar-refractivity contribution >= 4 is 0 Å². The molecule has 0 fully saturated rings. The SMILES string of the molecule is COCC(CCO)NC(C)c1cn[nH]c1C. The molecule has 0 amide bonds. The molecule has 1 aromatic rings. The monoisotopic (exact) mass is 227 g/mol. The van der Waals surface area contributed by atoms with Gasteiger partial charge in [0.25, 0.3) is 0 Å². The van der Waals surface area contributed by atoms with Crippen LogP contribution in [0.15, 0.2) is 6.20 Å². The van der Waals surface area contributed by atoms with Gasteiger partial charge in [-0.2, -0.15) is 5.10 Å². The molecule has 2 unspecified atom stereocenters. The molecule has 1 heterocycles. The Bertz CT molecular complexity index is 295. The molecule has 1 rings (SSSR count). The second kappa shape index (κ2) is 6.62. The Morgan fingerprint density at radius 2 is 2.38 bits per heavy atom. The van der Waals surface area contributed by atoms with Gasteiger partial charge in [0.05, 0.1) is 12.8 Å². The number of aromatic amines is 1. The molecular formula is C11H21N3O2. The van der Waals surface area contributed by atoms with E-state index in [2.05, 4.69) is 22.4 Å². The number of rotatable bonds is 7. The molecule has 0 aliphatic rings. The van der Waals surface area contributed by atoms with Crippen LogP contribution >= 0.6 is 0 Å². The van der Waals surface area contributed by atoms with Crippen LogP contribution in [0.3, 0.4) is 0 Å². The van der Waals surface area contributed by atoms with E-state index < -0.39 is 0 Å². The summed E-state index contributed by atoms with van der Waals surface area (Å²) in [5.74, 6) is 0. The van der Waals surface area contributed by atoms with Crippen molar-refractivity contribution in [1.82, 2.24) is 15.5 Å². The van der Waals surface area contributed by atoms with Crippen LogP contribution in [-0.4, -0.2) is 41.7 Å². The number of hydrogen-bond acceptors (Lipinski definition) is 4. The Morgan fingerprint density at radius 3 is 2.88 bits per heavy atom. The highest BCUT2D eigenvalue weighted by molar-refractivity contribution is 5.18. The van der Waals surface area contributed by atoms with E-state index >= 15 is 0 Å². The molecule has 0 aliphatic heterocycles. The first-order valence-corrected chi connectivity index (χ1v) is 5.54. The lowest BCUT2D eigenvalue weighted by atomic mass is 10.1. The molecule has 5 nitrogen and oxygen atoms in total. The van der Waals surface area contributed by atoms with Gasteiger partial charge in [0.2, 0.25) is 0 Å². The number of H-pyrrole nitrogens is 1. The standard InChI is InChI=1S/C11H21N3O2/c1-8(11-6-12-14-9(11)2)13-10(4-5-15)7-16-3/h6,8,10,13,15H,4-5,7H2,1-3H3,(H,12,14). The van der Waals surface area contributed by atoms with Crippen molar-refractivity contribution in [2.24, 2.45) is 0 Å². The fraction of sp³-hybridized carbons (Fsp3) is 0.727. The summed E-state index contributed by atoms with van der Waals surface area (Å²) in [4.78, 5) is 0. The summed E-state index contributed by atoms with van der Waals surface area (Å²) in [7, 11) is 1.67. The minimum atomic E-state index is 0.165. The highest BCUT2D eigenvalue weighted by Gasteiger charge is 2.15. The first-order chi connectivity index (χ1) is 7.69. The van der Waals surface area contributed by atoms with Crippen molar-refractivity contribution in [1.29, 1.82) is 0 Å². The minimum absolute atomic E-state index is 0.165. The summed E-state index contributed by atoms with van der Waals surface area (Å²) >= 11 is 0. The van der Waals surface area contributed by atoms with Crippen molar-refractivity contribution in [3.8, 4) is 0 Å². The van der Waals surface area contributed by atoms with Crippen LogP contribution in [0.25, 0.3) is 0 Å². The summed E-state index contributed by atoms with van der Waals surface area (Å²) in [6.07, 6.45) is 2.52. The molecule has 0 aromatic carbocycles. The molecule has 5 heteroatoms. The van der Waals surface area contributed by atoms with Crippen molar-refractivity contribution in [2.45, 2.75) is 32.4 Å². The van der Waals surface area contributed by atoms with Crippen LogP contribution in [-0.2, 0) is 4.74 Å². The van der Waals surface area contributed by atoms with E-state index in [1.165, 1.54) is 0 Å². The Kier molecular flexibility index (Phi) is 5.45. The van der Waals surface area contributed by atoms with E-state index in [-0.39, 0.29) is 18.7 Å². The van der Waals surface area contributed by atoms with Gasteiger partial charge in [-0.05, 0) is 20.3 Å². The zero-order valence-corrected chi connectivity index (χ0v) is 10.2. The lowest BCUT2D eigenvalue weighted by Gasteiger charge is -2.22. The molecule has 3 N–H and O–H groups in total. The zero-order chi connectivity index (χ0) is 12.0. The largest absolute Gasteiger partial charge is 0.396 e. The number of nitrogens with zero attached hydrogens (tertiary/aromatic N) is 1. The van der Waals surface area contributed by atoms with Crippen LogP contribution < -0.4 is 5.32 Å². The number of aliphatic hydroxyl groups is 1. The smallest absolute Gasteiger partial charge is 0.0616 e. The van der Waals surface area contributed by atoms with Gasteiger partial charge < -0.3 is 15.2 Å². The highest BCUT2D eigenvalue weighted by Crippen LogP contribution is 2.15. The molecule has 2 atom stereocenters. The first-order valence-electron chi connectivity index (χ1n) is 5.54. The van der Waals surface area contributed by atoms with Crippen molar-refractivity contribution in [3.63, 3.8) is 0 Å². The molecule has 92 valence electrons. The van der Waals surface area contributed by atoms with E-state index in [0.29, 0.717) is 13.0 Å². The van der Waals surface area contributed by atoms with E-state index in [1.54, 1.807) is 7.11 Å². The maximum absolute atomic E-state index is 8.95. The lowest BCUT2D eigenvalue weighted by molar-refractivity contribution is 0.143. The third-order valence-electron chi connectivity index (χ3n) is 2.67. The van der Waals surface area contributed by atoms with Crippen LogP contribution in [0.1, 0.15) is 30.6 Å². The molecule has 1 aromatic heterocycles. The summed E-state index contributed by atoms with van der Waals surface area (Å²) < 4.78 is 5.11. The molecule has 0 spiro atoms. The van der Waals surface area contributed by atoms with Crippen molar-refractivity contribution < 1.29 is 9.84 Å². The third-order valence-corrected chi connectivity index (χ3v) is 2.67. The maximum atomic E-state index is 8.95. The van der Waals surface area contributed by atoms with Gasteiger partial charge in [0.15, 0.2) is 0 Å². The fourth-order valence-corrected chi connectivity index (χ4v) is 1.81. The van der Waals surface area contributed by atoms with Crippen LogP contribution in [0, 0.1) is 6.92 Å². The molecule has 0 saturated heterocycles. The second-order valence-electron chi connectivity index (χ2n) is 4.00. The van der Waals surface area contributed by atoms with Crippen molar-refractivity contribution in [2.75, 3.05) is 20.3 Å². The molecular weight excluding hydrogens is 206 g/mol. The van der Waals surface area contributed by atoms with Crippen molar-refractivity contribution in [3.05, 3.63) is 17.5 Å². The summed E-state index contributed by atoms with van der Waals surface area (Å²) in [5, 5.41) is 19.3. The lowest BCUT2D eigenvalue weighted by Crippen LogP contribution is -2.36. The summed E-state index contributed by atoms with van der Waals surface area (Å²) in [6, 6.07) is 0.366. The van der Waals surface area contributed by atoms with E-state index in [9.17, 15) is 0 Å². The molecule has 0 radical (unpaired) electrons. The van der Waals surface area contributed by atoms with Crippen LogP contribution in [0.4, 0.5) is 0 Å². The number of ether oxygens (including phenoxy) is 1. The number of nitrogens with one attached hydrogen (secondary N) is 2. The Balaban J connectivity index is 2.54. The first kappa shape index (κ1) is 13.2. The second-order valence-corrected chi connectivity index (χ2v) is 4.00. The average Bonchev–Trinajstić information content (AvgIpc) is 2.65. The maximum Gasteiger partial charge on any atom is 0.0616 e. The predicted octanol–water partition coefficient (Wildman–Crippen LogP) is 0.766. The number of aliphatic hydroxyl groups excluding tert-OH is 1. The fourth-order valence-electron chi connectivity index (χ4n) is 1.81. The predicted molar refractivity (Wildman–Crippen MR) is 62.2 cm³/mol. The summed E-state index contributed by atoms with van der Waals surface area (Å²) in [6.45, 7) is 4.84. The number of hydrogen-bond donors (Lipinski definition) is 3. The van der Waals surface area contributed by atoms with Gasteiger partial charge in [-0.15, -0.1) is 0 Å². The van der Waals surface area contributed by atoms with E-state index in [0.717, 1.165) is 11.3 Å². The van der Waals surface area contributed by atoms with Crippen LogP contribution in [0.2, 0.25) is 0 Å². The Hall–Kier alpha value is -0.910. The Labute approximate surface area is 96.2 Å². The summed E-state index contributed by atoms with van der Waals surface area (Å²) in [5.41, 5.74) is 2.22. The molecule has 16 heavy (non-hydrogen) atoms. The van der Waals surface area contributed by atoms with Gasteiger partial charge in [-0.1, -0.05) is 0 Å². The zero-order valence-electron chi connectivity index (χ0n) is 10.2. The third kappa shape index (κ3) is 3.59. The van der Waals surface area contributed by atoms with Gasteiger partial charge in [0, 0.05) is 37.1 Å². The van der Waals surface area contributed by atoms with Gasteiger partial charge >= 0.3 is 0 Å². The van der Waals surface area contributed by atoms with Crippen LogP contribution in [0.5, 0.6) is 0 Å². The quantitative estimate of drug-likeness (QED) is 0.643. The average molecular weight is 227 g/mol. The normalized spacial score (nSPS) is 15.0. The molecule has 0 aliphatic carbocycles. The van der Waals surface area contributed by atoms with Gasteiger partial charge in [-0.3, -0.25) is 5.10 Å².